The molecule has 0 aromatic rings. The fourth-order valence-corrected chi connectivity index (χ4v) is 1.67. The highest BCUT2D eigenvalue weighted by molar-refractivity contribution is 5.25. The summed E-state index contributed by atoms with van der Waals surface area (Å²) in [5, 5.41) is 0. The summed E-state index contributed by atoms with van der Waals surface area (Å²) in [6.07, 6.45) is 10.3. The molecule has 0 radical (unpaired) electrons. The molecule has 0 rings (SSSR count). The molecule has 1 nitrogen and oxygen atoms in total. The first kappa shape index (κ1) is 19.5. The predicted molar refractivity (Wildman–Crippen MR) is 94.2 cm³/mol. The van der Waals surface area contributed by atoms with Crippen molar-refractivity contribution >= 4 is 0 Å². The molecule has 1 atom stereocenters. The summed E-state index contributed by atoms with van der Waals surface area (Å²) in [6, 6.07) is 0. The molecule has 0 aliphatic rings. The fraction of sp³-hybridized carbons (Fsp3) is 0.500. The summed E-state index contributed by atoms with van der Waals surface area (Å²) in [4.78, 5) is 0. The smallest absolute Gasteiger partial charge is 0.119 e. The van der Waals surface area contributed by atoms with Crippen LogP contribution in [0.3, 0.4) is 0 Å². The standard InChI is InChI=1S/C20H30O/c1-7-8-12-20(14-13-18(4)5)21-16-15-19(6)11-9-10-17(2)3/h7,10,15,20H,1,4,8-9,11-12,16H2,2-3,5-6H3/b19-15+/t20-/m1/s1. The molecule has 0 N–H and O–H groups in total. The van der Waals surface area contributed by atoms with E-state index in [1.807, 2.05) is 13.0 Å². The lowest BCUT2D eigenvalue weighted by Gasteiger charge is -2.10. The van der Waals surface area contributed by atoms with Gasteiger partial charge in [-0.3, -0.25) is 0 Å². The molecule has 0 aliphatic heterocycles. The molecule has 1 heteroatoms. The second-order valence-electron chi connectivity index (χ2n) is 5.61. The Bertz CT molecular complexity index is 436. The average molecular weight is 286 g/mol. The van der Waals surface area contributed by atoms with Gasteiger partial charge in [0.05, 0.1) is 6.61 Å². The zero-order valence-electron chi connectivity index (χ0n) is 14.2. The van der Waals surface area contributed by atoms with Crippen molar-refractivity contribution in [2.24, 2.45) is 0 Å². The Labute approximate surface area is 131 Å². The molecule has 0 fully saturated rings. The van der Waals surface area contributed by atoms with Crippen molar-refractivity contribution < 1.29 is 4.74 Å². The maximum atomic E-state index is 5.84. The van der Waals surface area contributed by atoms with Crippen LogP contribution in [0.15, 0.2) is 48.1 Å². The molecular formula is C20H30O. The van der Waals surface area contributed by atoms with E-state index in [9.17, 15) is 0 Å². The van der Waals surface area contributed by atoms with Crippen LogP contribution in [0.4, 0.5) is 0 Å². The van der Waals surface area contributed by atoms with Gasteiger partial charge in [-0.2, -0.15) is 0 Å². The summed E-state index contributed by atoms with van der Waals surface area (Å²) in [5.41, 5.74) is 3.61. The van der Waals surface area contributed by atoms with Crippen LogP contribution in [-0.2, 0) is 4.74 Å². The van der Waals surface area contributed by atoms with E-state index in [1.165, 1.54) is 11.1 Å². The van der Waals surface area contributed by atoms with Gasteiger partial charge in [0.25, 0.3) is 0 Å². The minimum Gasteiger partial charge on any atom is -0.361 e. The molecule has 0 aromatic heterocycles. The van der Waals surface area contributed by atoms with Crippen LogP contribution in [-0.4, -0.2) is 12.7 Å². The number of rotatable bonds is 9. The van der Waals surface area contributed by atoms with Crippen molar-refractivity contribution in [3.63, 3.8) is 0 Å². The molecule has 0 saturated heterocycles. The Balaban J connectivity index is 4.27. The number of hydrogen-bond acceptors (Lipinski definition) is 1. The molecule has 0 saturated carbocycles. The molecule has 0 amide bonds. The van der Waals surface area contributed by atoms with Crippen molar-refractivity contribution in [3.8, 4) is 11.8 Å². The molecule has 0 bridgehead atoms. The highest BCUT2D eigenvalue weighted by atomic mass is 16.5. The molecule has 0 spiro atoms. The Kier molecular flexibility index (Phi) is 11.4. The van der Waals surface area contributed by atoms with Gasteiger partial charge >= 0.3 is 0 Å². The van der Waals surface area contributed by atoms with E-state index in [0.717, 1.165) is 31.3 Å². The maximum Gasteiger partial charge on any atom is 0.119 e. The Morgan fingerprint density at radius 2 is 1.86 bits per heavy atom. The first-order chi connectivity index (χ1) is 9.95. The Hall–Kier alpha value is -1.52. The van der Waals surface area contributed by atoms with Crippen LogP contribution in [0.2, 0.25) is 0 Å². The minimum atomic E-state index is -0.0402. The van der Waals surface area contributed by atoms with Crippen LogP contribution in [0.5, 0.6) is 0 Å². The maximum absolute atomic E-state index is 5.84. The summed E-state index contributed by atoms with van der Waals surface area (Å²) in [5.74, 6) is 6.13. The normalized spacial score (nSPS) is 12.1. The molecular weight excluding hydrogens is 256 g/mol. The van der Waals surface area contributed by atoms with Gasteiger partial charge in [0, 0.05) is 0 Å². The third kappa shape index (κ3) is 13.2. The lowest BCUT2D eigenvalue weighted by Crippen LogP contribution is -2.10. The first-order valence-corrected chi connectivity index (χ1v) is 7.64. The van der Waals surface area contributed by atoms with Gasteiger partial charge in [-0.1, -0.05) is 47.8 Å². The van der Waals surface area contributed by atoms with Gasteiger partial charge in [-0.15, -0.1) is 6.58 Å². The number of allylic oxidation sites excluding steroid dienone is 5. The van der Waals surface area contributed by atoms with E-state index in [2.05, 4.69) is 57.9 Å². The van der Waals surface area contributed by atoms with E-state index >= 15 is 0 Å². The lowest BCUT2D eigenvalue weighted by atomic mass is 10.1. The Morgan fingerprint density at radius 1 is 1.14 bits per heavy atom. The summed E-state index contributed by atoms with van der Waals surface area (Å²) in [6.45, 7) is 16.5. The molecule has 21 heavy (non-hydrogen) atoms. The van der Waals surface area contributed by atoms with E-state index < -0.39 is 0 Å². The highest BCUT2D eigenvalue weighted by Gasteiger charge is 2.03. The van der Waals surface area contributed by atoms with Crippen molar-refractivity contribution in [2.75, 3.05) is 6.61 Å². The van der Waals surface area contributed by atoms with Gasteiger partial charge in [0.1, 0.15) is 6.10 Å². The summed E-state index contributed by atoms with van der Waals surface area (Å²) < 4.78 is 5.84. The molecule has 0 heterocycles. The topological polar surface area (TPSA) is 9.23 Å². The van der Waals surface area contributed by atoms with Crippen LogP contribution in [0.1, 0.15) is 53.4 Å². The molecule has 0 aromatic carbocycles. The monoisotopic (exact) mass is 286 g/mol. The van der Waals surface area contributed by atoms with Crippen molar-refractivity contribution in [2.45, 2.75) is 59.5 Å². The second kappa shape index (κ2) is 12.2. The van der Waals surface area contributed by atoms with E-state index in [1.54, 1.807) is 0 Å². The fourth-order valence-electron chi connectivity index (χ4n) is 1.67. The minimum absolute atomic E-state index is 0.0402. The van der Waals surface area contributed by atoms with Gasteiger partial charge in [-0.25, -0.2) is 0 Å². The number of hydrogen-bond donors (Lipinski definition) is 0. The molecule has 116 valence electrons. The SMILES string of the molecule is C=CCC[C@H](C#CC(=C)C)OC/C=C(\C)CCC=C(C)C. The molecule has 0 aliphatic carbocycles. The van der Waals surface area contributed by atoms with Gasteiger partial charge < -0.3 is 4.74 Å². The van der Waals surface area contributed by atoms with Crippen LogP contribution in [0.25, 0.3) is 0 Å². The van der Waals surface area contributed by atoms with Crippen LogP contribution >= 0.6 is 0 Å². The summed E-state index contributed by atoms with van der Waals surface area (Å²) >= 11 is 0. The summed E-state index contributed by atoms with van der Waals surface area (Å²) in [7, 11) is 0. The third-order valence-electron chi connectivity index (χ3n) is 2.90. The van der Waals surface area contributed by atoms with E-state index in [4.69, 9.17) is 4.74 Å². The van der Waals surface area contributed by atoms with Gasteiger partial charge in [0.2, 0.25) is 0 Å². The predicted octanol–water partition coefficient (Wildman–Crippen LogP) is 5.61. The van der Waals surface area contributed by atoms with Crippen LogP contribution in [0, 0.1) is 11.8 Å². The van der Waals surface area contributed by atoms with Crippen LogP contribution < -0.4 is 0 Å². The quantitative estimate of drug-likeness (QED) is 0.395. The highest BCUT2D eigenvalue weighted by Crippen LogP contribution is 2.08. The van der Waals surface area contributed by atoms with Crippen molar-refractivity contribution in [1.29, 1.82) is 0 Å². The van der Waals surface area contributed by atoms with Crippen molar-refractivity contribution in [1.82, 2.24) is 0 Å². The van der Waals surface area contributed by atoms with E-state index in [-0.39, 0.29) is 6.10 Å². The lowest BCUT2D eigenvalue weighted by molar-refractivity contribution is 0.110. The van der Waals surface area contributed by atoms with Gasteiger partial charge in [0.15, 0.2) is 0 Å². The largest absolute Gasteiger partial charge is 0.361 e. The second-order valence-corrected chi connectivity index (χ2v) is 5.61. The van der Waals surface area contributed by atoms with Crippen molar-refractivity contribution in [3.05, 3.63) is 48.1 Å². The molecule has 0 unspecified atom stereocenters. The van der Waals surface area contributed by atoms with E-state index in [0.29, 0.717) is 6.61 Å². The average Bonchev–Trinajstić information content (AvgIpc) is 2.40. The van der Waals surface area contributed by atoms with Gasteiger partial charge in [-0.05, 0) is 59.0 Å². The number of ether oxygens (including phenoxy) is 1. The first-order valence-electron chi connectivity index (χ1n) is 7.64. The zero-order chi connectivity index (χ0) is 16.1. The Morgan fingerprint density at radius 3 is 2.43 bits per heavy atom. The zero-order valence-corrected chi connectivity index (χ0v) is 14.2. The third-order valence-corrected chi connectivity index (χ3v) is 2.90.